The number of methoxy groups -OCH3 is 4. The average molecular weight is 358 g/mol. The monoisotopic (exact) mass is 358 g/mol. The van der Waals surface area contributed by atoms with Gasteiger partial charge in [0.2, 0.25) is 0 Å². The van der Waals surface area contributed by atoms with Crippen LogP contribution in [0.5, 0.6) is 23.0 Å². The first-order chi connectivity index (χ1) is 12.5. The molecule has 1 N–H and O–H groups in total. The number of nitrogens with one attached hydrogen (secondary N) is 1. The molecule has 0 bridgehead atoms. The fourth-order valence-electron chi connectivity index (χ4n) is 2.26. The first kappa shape index (κ1) is 19.1. The Morgan fingerprint density at radius 1 is 0.808 bits per heavy atom. The van der Waals surface area contributed by atoms with E-state index in [2.05, 4.69) is 10.5 Å². The van der Waals surface area contributed by atoms with Crippen LogP contribution in [0.15, 0.2) is 41.5 Å². The zero-order valence-corrected chi connectivity index (χ0v) is 15.5. The van der Waals surface area contributed by atoms with Crippen LogP contribution in [0.3, 0.4) is 0 Å². The van der Waals surface area contributed by atoms with Crippen molar-refractivity contribution in [2.75, 3.05) is 28.4 Å². The van der Waals surface area contributed by atoms with Gasteiger partial charge in [0.25, 0.3) is 5.91 Å². The van der Waals surface area contributed by atoms with Gasteiger partial charge in [-0.1, -0.05) is 0 Å². The molecule has 0 spiro atoms. The average Bonchev–Trinajstić information content (AvgIpc) is 2.70. The van der Waals surface area contributed by atoms with E-state index in [9.17, 15) is 4.79 Å². The first-order valence-corrected chi connectivity index (χ1v) is 7.82. The van der Waals surface area contributed by atoms with Gasteiger partial charge in [0.05, 0.1) is 34.2 Å². The van der Waals surface area contributed by atoms with Crippen LogP contribution in [-0.2, 0) is 0 Å². The highest BCUT2D eigenvalue weighted by atomic mass is 16.5. The summed E-state index contributed by atoms with van der Waals surface area (Å²) < 4.78 is 20.8. The topological polar surface area (TPSA) is 78.4 Å². The summed E-state index contributed by atoms with van der Waals surface area (Å²) in [7, 11) is 6.18. The summed E-state index contributed by atoms with van der Waals surface area (Å²) in [4.78, 5) is 12.4. The molecule has 0 fully saturated rings. The quantitative estimate of drug-likeness (QED) is 0.608. The summed E-state index contributed by atoms with van der Waals surface area (Å²) in [6.07, 6.45) is 0. The summed E-state index contributed by atoms with van der Waals surface area (Å²) in [5, 5.41) is 4.15. The number of carbonyl (C=O) groups excluding carboxylic acids is 1. The van der Waals surface area contributed by atoms with Crippen LogP contribution < -0.4 is 24.4 Å². The smallest absolute Gasteiger partial charge is 0.271 e. The lowest BCUT2D eigenvalue weighted by Crippen LogP contribution is -2.19. The van der Waals surface area contributed by atoms with Crippen molar-refractivity contribution in [3.8, 4) is 23.0 Å². The molecule has 7 nitrogen and oxygen atoms in total. The highest BCUT2D eigenvalue weighted by molar-refractivity contribution is 6.01. The maximum atomic E-state index is 12.4. The highest BCUT2D eigenvalue weighted by Crippen LogP contribution is 2.27. The third-order valence-corrected chi connectivity index (χ3v) is 3.74. The number of ether oxygens (including phenoxy) is 4. The van der Waals surface area contributed by atoms with Gasteiger partial charge >= 0.3 is 0 Å². The molecule has 0 aliphatic heterocycles. The van der Waals surface area contributed by atoms with E-state index in [0.29, 0.717) is 34.3 Å². The van der Waals surface area contributed by atoms with Gasteiger partial charge in [-0.3, -0.25) is 4.79 Å². The Labute approximate surface area is 152 Å². The molecule has 2 aromatic rings. The van der Waals surface area contributed by atoms with Gasteiger partial charge in [-0.15, -0.1) is 0 Å². The number of hydrazone groups is 1. The van der Waals surface area contributed by atoms with Gasteiger partial charge in [0.15, 0.2) is 11.5 Å². The minimum atomic E-state index is -0.373. The van der Waals surface area contributed by atoms with E-state index in [1.165, 1.54) is 14.2 Å². The van der Waals surface area contributed by atoms with Gasteiger partial charge in [-0.25, -0.2) is 5.43 Å². The molecule has 0 aliphatic rings. The fraction of sp³-hybridized carbons (Fsp3) is 0.263. The van der Waals surface area contributed by atoms with Crippen LogP contribution in [0.2, 0.25) is 0 Å². The third-order valence-electron chi connectivity index (χ3n) is 3.74. The lowest BCUT2D eigenvalue weighted by atomic mass is 10.1. The number of hydrogen-bond acceptors (Lipinski definition) is 6. The lowest BCUT2D eigenvalue weighted by Gasteiger charge is -2.10. The van der Waals surface area contributed by atoms with E-state index in [4.69, 9.17) is 18.9 Å². The van der Waals surface area contributed by atoms with Crippen LogP contribution in [0, 0.1) is 0 Å². The minimum absolute atomic E-state index is 0.373. The number of carbonyl (C=O) groups is 1. The summed E-state index contributed by atoms with van der Waals surface area (Å²) in [5.74, 6) is 1.88. The van der Waals surface area contributed by atoms with Crippen molar-refractivity contribution < 1.29 is 23.7 Å². The molecule has 138 valence electrons. The Bertz CT molecular complexity index is 795. The molecule has 2 rings (SSSR count). The minimum Gasteiger partial charge on any atom is -0.497 e. The molecular formula is C19H22N2O5. The Kier molecular flexibility index (Phi) is 6.43. The van der Waals surface area contributed by atoms with Gasteiger partial charge in [-0.2, -0.15) is 5.10 Å². The van der Waals surface area contributed by atoms with Crippen LogP contribution in [0.25, 0.3) is 0 Å². The second-order valence-electron chi connectivity index (χ2n) is 5.31. The fourth-order valence-corrected chi connectivity index (χ4v) is 2.26. The van der Waals surface area contributed by atoms with Crippen molar-refractivity contribution in [2.24, 2.45) is 5.10 Å². The summed E-state index contributed by atoms with van der Waals surface area (Å²) in [5.41, 5.74) is 4.33. The van der Waals surface area contributed by atoms with Crippen LogP contribution >= 0.6 is 0 Å². The van der Waals surface area contributed by atoms with E-state index in [0.717, 1.165) is 5.56 Å². The number of amides is 1. The van der Waals surface area contributed by atoms with E-state index in [1.54, 1.807) is 51.5 Å². The molecule has 0 unspecified atom stereocenters. The molecule has 0 heterocycles. The zero-order chi connectivity index (χ0) is 19.1. The van der Waals surface area contributed by atoms with Crippen molar-refractivity contribution in [3.63, 3.8) is 0 Å². The molecule has 0 saturated heterocycles. The Morgan fingerprint density at radius 3 is 1.96 bits per heavy atom. The predicted octanol–water partition coefficient (Wildman–Crippen LogP) is 2.88. The van der Waals surface area contributed by atoms with Gasteiger partial charge in [0.1, 0.15) is 11.5 Å². The SMILES string of the molecule is COc1cc(OC)cc(C(=O)N/N=C(\C)c2ccc(OC)c(OC)c2)c1. The van der Waals surface area contributed by atoms with E-state index in [1.807, 2.05) is 6.07 Å². The van der Waals surface area contributed by atoms with E-state index < -0.39 is 0 Å². The van der Waals surface area contributed by atoms with Crippen molar-refractivity contribution in [1.82, 2.24) is 5.43 Å². The lowest BCUT2D eigenvalue weighted by molar-refractivity contribution is 0.0954. The maximum absolute atomic E-state index is 12.4. The third kappa shape index (κ3) is 4.44. The molecule has 7 heteroatoms. The number of nitrogens with zero attached hydrogens (tertiary/aromatic N) is 1. The van der Waals surface area contributed by atoms with E-state index >= 15 is 0 Å². The van der Waals surface area contributed by atoms with Crippen molar-refractivity contribution in [3.05, 3.63) is 47.5 Å². The van der Waals surface area contributed by atoms with Crippen molar-refractivity contribution in [2.45, 2.75) is 6.92 Å². The molecular weight excluding hydrogens is 336 g/mol. The van der Waals surface area contributed by atoms with E-state index in [-0.39, 0.29) is 5.91 Å². The molecule has 0 saturated carbocycles. The van der Waals surface area contributed by atoms with Gasteiger partial charge < -0.3 is 18.9 Å². The van der Waals surface area contributed by atoms with Crippen LogP contribution in [0.1, 0.15) is 22.8 Å². The molecule has 26 heavy (non-hydrogen) atoms. The number of hydrogen-bond donors (Lipinski definition) is 1. The standard InChI is InChI=1S/C19H22N2O5/c1-12(13-6-7-17(25-4)18(10-13)26-5)20-21-19(22)14-8-15(23-2)11-16(9-14)24-3/h6-11H,1-5H3,(H,21,22)/b20-12+. The molecule has 0 atom stereocenters. The maximum Gasteiger partial charge on any atom is 0.271 e. The van der Waals surface area contributed by atoms with Crippen LogP contribution in [0.4, 0.5) is 0 Å². The second-order valence-corrected chi connectivity index (χ2v) is 5.31. The summed E-state index contributed by atoms with van der Waals surface area (Å²) >= 11 is 0. The van der Waals surface area contributed by atoms with Gasteiger partial charge in [0, 0.05) is 17.2 Å². The molecule has 0 aromatic heterocycles. The molecule has 2 aromatic carbocycles. The first-order valence-electron chi connectivity index (χ1n) is 7.82. The molecule has 0 aliphatic carbocycles. The largest absolute Gasteiger partial charge is 0.497 e. The van der Waals surface area contributed by atoms with Crippen molar-refractivity contribution in [1.29, 1.82) is 0 Å². The number of rotatable bonds is 7. The normalized spacial score (nSPS) is 10.9. The molecule has 0 radical (unpaired) electrons. The highest BCUT2D eigenvalue weighted by Gasteiger charge is 2.10. The van der Waals surface area contributed by atoms with Crippen LogP contribution in [-0.4, -0.2) is 40.1 Å². The number of benzene rings is 2. The summed E-state index contributed by atoms with van der Waals surface area (Å²) in [6.45, 7) is 1.79. The van der Waals surface area contributed by atoms with Crippen molar-refractivity contribution >= 4 is 11.6 Å². The second kappa shape index (κ2) is 8.75. The Balaban J connectivity index is 2.19. The Morgan fingerprint density at radius 2 is 1.42 bits per heavy atom. The zero-order valence-electron chi connectivity index (χ0n) is 15.5. The predicted molar refractivity (Wildman–Crippen MR) is 98.8 cm³/mol. The summed E-state index contributed by atoms with van der Waals surface area (Å²) in [6, 6.07) is 10.3. The van der Waals surface area contributed by atoms with Gasteiger partial charge in [-0.05, 0) is 37.3 Å². The Hall–Kier alpha value is -3.22. The molecule has 1 amide bonds.